The summed E-state index contributed by atoms with van der Waals surface area (Å²) in [7, 11) is 0. The lowest BCUT2D eigenvalue weighted by atomic mass is 10.0. The number of carbonyl (C=O) groups is 4. The molecule has 2 atom stereocenters. The zero-order valence-corrected chi connectivity index (χ0v) is 16.9. The number of alkyl halides is 3. The molecule has 0 spiro atoms. The molecule has 0 radical (unpaired) electrons. The highest BCUT2D eigenvalue weighted by Crippen LogP contribution is 2.34. The third kappa shape index (κ3) is 4.30. The summed E-state index contributed by atoms with van der Waals surface area (Å²) in [5, 5.41) is 3.98. The number of halogens is 4. The van der Waals surface area contributed by atoms with E-state index >= 15 is 0 Å². The number of hydrogen-bond acceptors (Lipinski definition) is 4. The second-order valence-corrected chi connectivity index (χ2v) is 7.74. The predicted octanol–water partition coefficient (Wildman–Crippen LogP) is 2.62. The van der Waals surface area contributed by atoms with Crippen molar-refractivity contribution in [3.63, 3.8) is 0 Å². The summed E-state index contributed by atoms with van der Waals surface area (Å²) >= 11 is 0. The van der Waals surface area contributed by atoms with Gasteiger partial charge in [-0.15, -0.1) is 0 Å². The molecule has 2 unspecified atom stereocenters. The minimum atomic E-state index is -4.95. The van der Waals surface area contributed by atoms with Crippen molar-refractivity contribution >= 4 is 23.6 Å². The Labute approximate surface area is 184 Å². The predicted molar refractivity (Wildman–Crippen MR) is 105 cm³/mol. The van der Waals surface area contributed by atoms with Crippen molar-refractivity contribution in [2.45, 2.75) is 37.6 Å². The van der Waals surface area contributed by atoms with Gasteiger partial charge < -0.3 is 10.2 Å². The van der Waals surface area contributed by atoms with Crippen LogP contribution in [-0.2, 0) is 16.1 Å². The van der Waals surface area contributed by atoms with Crippen molar-refractivity contribution in [2.24, 2.45) is 0 Å². The maximum Gasteiger partial charge on any atom is 0.412 e. The van der Waals surface area contributed by atoms with Gasteiger partial charge in [0.25, 0.3) is 11.8 Å². The fourth-order valence-corrected chi connectivity index (χ4v) is 3.98. The van der Waals surface area contributed by atoms with E-state index in [4.69, 9.17) is 0 Å². The maximum absolute atomic E-state index is 14.0. The van der Waals surface area contributed by atoms with Crippen LogP contribution in [0.3, 0.4) is 0 Å². The molecule has 2 N–H and O–H groups in total. The van der Waals surface area contributed by atoms with Gasteiger partial charge in [0.15, 0.2) is 6.04 Å². The lowest BCUT2D eigenvalue weighted by Gasteiger charge is -2.29. The number of fused-ring (bicyclic) bond motifs is 1. The third-order valence-electron chi connectivity index (χ3n) is 5.60. The quantitative estimate of drug-likeness (QED) is 0.538. The smallest absolute Gasteiger partial charge is 0.337 e. The molecule has 11 heteroatoms. The van der Waals surface area contributed by atoms with Crippen LogP contribution in [0.1, 0.15) is 50.7 Å². The Morgan fingerprint density at radius 2 is 1.85 bits per heavy atom. The highest BCUT2D eigenvalue weighted by Gasteiger charge is 2.44. The first kappa shape index (κ1) is 22.4. The van der Waals surface area contributed by atoms with Crippen LogP contribution < -0.4 is 10.6 Å². The van der Waals surface area contributed by atoms with Crippen LogP contribution in [0.4, 0.5) is 17.6 Å². The summed E-state index contributed by atoms with van der Waals surface area (Å²) in [6, 6.07) is 4.59. The number of imide groups is 1. The van der Waals surface area contributed by atoms with E-state index < -0.39 is 53.3 Å². The number of carbonyl (C=O) groups excluding carboxylic acids is 4. The van der Waals surface area contributed by atoms with Crippen LogP contribution in [0, 0.1) is 5.82 Å². The lowest BCUT2D eigenvalue weighted by Crippen LogP contribution is -2.52. The Morgan fingerprint density at radius 3 is 2.52 bits per heavy atom. The van der Waals surface area contributed by atoms with Gasteiger partial charge in [0.1, 0.15) is 11.9 Å². The van der Waals surface area contributed by atoms with Crippen LogP contribution in [0.15, 0.2) is 42.5 Å². The van der Waals surface area contributed by atoms with Gasteiger partial charge in [0.05, 0.1) is 0 Å². The molecule has 0 bridgehead atoms. The topological polar surface area (TPSA) is 95.6 Å². The van der Waals surface area contributed by atoms with Crippen LogP contribution in [-0.4, -0.2) is 40.7 Å². The summed E-state index contributed by atoms with van der Waals surface area (Å²) in [6.45, 7) is -0.0441. The average molecular weight is 463 g/mol. The first-order valence-corrected chi connectivity index (χ1v) is 9.96. The van der Waals surface area contributed by atoms with E-state index in [0.29, 0.717) is 5.56 Å². The van der Waals surface area contributed by atoms with Crippen LogP contribution in [0.2, 0.25) is 0 Å². The highest BCUT2D eigenvalue weighted by molar-refractivity contribution is 6.06. The van der Waals surface area contributed by atoms with E-state index in [-0.39, 0.29) is 30.5 Å². The number of rotatable bonds is 4. The fourth-order valence-electron chi connectivity index (χ4n) is 3.98. The molecule has 2 aliphatic heterocycles. The van der Waals surface area contributed by atoms with E-state index in [1.807, 2.05) is 5.32 Å². The second kappa shape index (κ2) is 8.30. The molecular weight excluding hydrogens is 446 g/mol. The molecule has 2 heterocycles. The first-order valence-electron chi connectivity index (χ1n) is 9.96. The van der Waals surface area contributed by atoms with E-state index in [1.165, 1.54) is 35.2 Å². The van der Waals surface area contributed by atoms with E-state index in [1.54, 1.807) is 0 Å². The summed E-state index contributed by atoms with van der Waals surface area (Å²) < 4.78 is 54.7. The van der Waals surface area contributed by atoms with Crippen molar-refractivity contribution < 1.29 is 36.7 Å². The van der Waals surface area contributed by atoms with Gasteiger partial charge in [-0.25, -0.2) is 4.39 Å². The molecule has 4 amide bonds. The number of piperidine rings is 1. The minimum absolute atomic E-state index is 0.0441. The monoisotopic (exact) mass is 463 g/mol. The molecule has 0 saturated carbocycles. The van der Waals surface area contributed by atoms with Crippen LogP contribution in [0.25, 0.3) is 0 Å². The van der Waals surface area contributed by atoms with Crippen molar-refractivity contribution in [3.05, 3.63) is 70.5 Å². The van der Waals surface area contributed by atoms with Crippen molar-refractivity contribution in [2.75, 3.05) is 0 Å². The molecular formula is C22H17F4N3O4. The summed E-state index contributed by atoms with van der Waals surface area (Å²) in [5.74, 6) is -3.74. The minimum Gasteiger partial charge on any atom is -0.337 e. The first-order chi connectivity index (χ1) is 15.6. The van der Waals surface area contributed by atoms with E-state index in [2.05, 4.69) is 5.32 Å². The standard InChI is InChI=1S/C22H17F4N3O4/c23-15-4-2-1-3-14(15)18(22(24,25)26)28-19(31)11-5-6-13-12(9-11)10-29(21(13)33)16-7-8-17(30)27-20(16)32/h1-6,9,16,18H,7-8,10H2,(H,28,31)(H,27,30,32). The number of hydrogen-bond donors (Lipinski definition) is 2. The molecule has 2 aromatic rings. The molecule has 2 aliphatic rings. The SMILES string of the molecule is O=C1CCC(N2Cc3cc(C(=O)NC(c4ccccc4F)C(F)(F)F)ccc3C2=O)C(=O)N1. The van der Waals surface area contributed by atoms with Crippen molar-refractivity contribution in [1.29, 1.82) is 0 Å². The molecule has 0 aromatic heterocycles. The number of amides is 4. The molecule has 7 nitrogen and oxygen atoms in total. The van der Waals surface area contributed by atoms with E-state index in [0.717, 1.165) is 12.1 Å². The normalized spacial score (nSPS) is 19.2. The zero-order chi connectivity index (χ0) is 23.9. The van der Waals surface area contributed by atoms with Gasteiger partial charge in [-0.05, 0) is 36.2 Å². The molecule has 33 heavy (non-hydrogen) atoms. The van der Waals surface area contributed by atoms with E-state index in [9.17, 15) is 36.7 Å². The Balaban J connectivity index is 1.56. The van der Waals surface area contributed by atoms with Gasteiger partial charge in [-0.1, -0.05) is 18.2 Å². The number of nitrogens with zero attached hydrogens (tertiary/aromatic N) is 1. The molecule has 4 rings (SSSR count). The van der Waals surface area contributed by atoms with Crippen molar-refractivity contribution in [3.8, 4) is 0 Å². The Bertz CT molecular complexity index is 1160. The van der Waals surface area contributed by atoms with Gasteiger partial charge in [-0.2, -0.15) is 13.2 Å². The Kier molecular flexibility index (Phi) is 5.64. The zero-order valence-electron chi connectivity index (χ0n) is 16.9. The fraction of sp³-hybridized carbons (Fsp3) is 0.273. The largest absolute Gasteiger partial charge is 0.412 e. The summed E-state index contributed by atoms with van der Waals surface area (Å²) in [5.41, 5.74) is -0.319. The summed E-state index contributed by atoms with van der Waals surface area (Å²) in [4.78, 5) is 50.0. The highest BCUT2D eigenvalue weighted by atomic mass is 19.4. The maximum atomic E-state index is 14.0. The van der Waals surface area contributed by atoms with Gasteiger partial charge in [0, 0.05) is 29.7 Å². The molecule has 0 aliphatic carbocycles. The lowest BCUT2D eigenvalue weighted by molar-refractivity contribution is -0.155. The Hall–Kier alpha value is -3.76. The van der Waals surface area contributed by atoms with Crippen LogP contribution >= 0.6 is 0 Å². The molecule has 1 saturated heterocycles. The van der Waals surface area contributed by atoms with Gasteiger partial charge >= 0.3 is 6.18 Å². The van der Waals surface area contributed by atoms with Gasteiger partial charge in [0.2, 0.25) is 11.8 Å². The third-order valence-corrected chi connectivity index (χ3v) is 5.60. The van der Waals surface area contributed by atoms with Crippen LogP contribution in [0.5, 0.6) is 0 Å². The molecule has 2 aromatic carbocycles. The number of benzene rings is 2. The molecule has 1 fully saturated rings. The molecule has 172 valence electrons. The summed E-state index contributed by atoms with van der Waals surface area (Å²) in [6.07, 6.45) is -4.74. The second-order valence-electron chi connectivity index (χ2n) is 7.74. The Morgan fingerprint density at radius 1 is 1.12 bits per heavy atom. The number of nitrogens with one attached hydrogen (secondary N) is 2. The average Bonchev–Trinajstić information content (AvgIpc) is 3.07. The van der Waals surface area contributed by atoms with Crippen molar-refractivity contribution in [1.82, 2.24) is 15.5 Å². The van der Waals surface area contributed by atoms with Gasteiger partial charge in [-0.3, -0.25) is 24.5 Å².